The van der Waals surface area contributed by atoms with E-state index in [0.29, 0.717) is 6.54 Å². The minimum atomic E-state index is -0.571. The average Bonchev–Trinajstić information content (AvgIpc) is 3.14. The first-order chi connectivity index (χ1) is 9.72. The van der Waals surface area contributed by atoms with Crippen molar-refractivity contribution in [3.05, 3.63) is 0 Å². The van der Waals surface area contributed by atoms with Crippen LogP contribution in [-0.4, -0.2) is 85.5 Å². The lowest BCUT2D eigenvalue weighted by Gasteiger charge is -2.38. The predicted molar refractivity (Wildman–Crippen MR) is 93.3 cm³/mol. The number of carbonyl (C=O) groups is 2. The molecule has 2 rings (SSSR count). The molecule has 0 N–H and O–H groups in total. The molecule has 23 heavy (non-hydrogen) atoms. The standard InChI is InChI=1S/C15H27N3O3.2CH4/c1-11-12(21-11)13(19)17(5)10-15(2,3)14(20)18-8-6-16(4)7-9-18;;/h11-12H,6-10H2,1-5H3;2*1H4. The molecule has 2 aliphatic heterocycles. The topological polar surface area (TPSA) is 56.4 Å². The summed E-state index contributed by atoms with van der Waals surface area (Å²) in [7, 11) is 3.81. The van der Waals surface area contributed by atoms with Gasteiger partial charge in [-0.2, -0.15) is 0 Å². The SMILES string of the molecule is C.C.CC1OC1C(=O)N(C)CC(C)(C)C(=O)N1CCN(C)CC1. The van der Waals surface area contributed by atoms with Crippen LogP contribution in [0.1, 0.15) is 35.6 Å². The van der Waals surface area contributed by atoms with E-state index >= 15 is 0 Å². The molecule has 0 radical (unpaired) electrons. The summed E-state index contributed by atoms with van der Waals surface area (Å²) in [5.74, 6) is 0.0989. The first-order valence-electron chi connectivity index (χ1n) is 7.61. The van der Waals surface area contributed by atoms with Gasteiger partial charge >= 0.3 is 0 Å². The second-order valence-corrected chi connectivity index (χ2v) is 6.94. The fraction of sp³-hybridized carbons (Fsp3) is 0.882. The van der Waals surface area contributed by atoms with Crippen molar-refractivity contribution < 1.29 is 14.3 Å². The van der Waals surface area contributed by atoms with Crippen LogP contribution in [0.3, 0.4) is 0 Å². The Labute approximate surface area is 141 Å². The summed E-state index contributed by atoms with van der Waals surface area (Å²) in [5.41, 5.74) is -0.571. The smallest absolute Gasteiger partial charge is 0.254 e. The highest BCUT2D eigenvalue weighted by atomic mass is 16.6. The maximum Gasteiger partial charge on any atom is 0.254 e. The molecule has 2 aliphatic rings. The van der Waals surface area contributed by atoms with Crippen LogP contribution in [0.15, 0.2) is 0 Å². The average molecular weight is 329 g/mol. The summed E-state index contributed by atoms with van der Waals surface area (Å²) in [6.45, 7) is 9.47. The van der Waals surface area contributed by atoms with E-state index in [4.69, 9.17) is 4.74 Å². The third-order valence-electron chi connectivity index (χ3n) is 4.33. The molecular formula is C17H35N3O3. The molecule has 6 nitrogen and oxygen atoms in total. The van der Waals surface area contributed by atoms with Crippen molar-refractivity contribution >= 4 is 11.8 Å². The van der Waals surface area contributed by atoms with Gasteiger partial charge in [-0.05, 0) is 27.8 Å². The number of carbonyl (C=O) groups excluding carboxylic acids is 2. The second-order valence-electron chi connectivity index (χ2n) is 6.94. The Morgan fingerprint density at radius 3 is 2.09 bits per heavy atom. The first kappa shape index (κ1) is 21.9. The maximum absolute atomic E-state index is 12.7. The number of hydrogen-bond acceptors (Lipinski definition) is 4. The number of likely N-dealkylation sites (N-methyl/N-ethyl adjacent to an activating group) is 2. The summed E-state index contributed by atoms with van der Waals surface area (Å²) < 4.78 is 5.21. The number of hydrogen-bond donors (Lipinski definition) is 0. The van der Waals surface area contributed by atoms with Crippen molar-refractivity contribution in [1.29, 1.82) is 0 Å². The van der Waals surface area contributed by atoms with Gasteiger partial charge in [-0.15, -0.1) is 0 Å². The van der Waals surface area contributed by atoms with Gasteiger partial charge in [0.25, 0.3) is 5.91 Å². The number of ether oxygens (including phenoxy) is 1. The number of rotatable bonds is 4. The lowest BCUT2D eigenvalue weighted by Crippen LogP contribution is -2.53. The number of piperazine rings is 1. The minimum Gasteiger partial charge on any atom is -0.359 e. The Hall–Kier alpha value is -1.14. The van der Waals surface area contributed by atoms with Gasteiger partial charge in [0.05, 0.1) is 11.5 Å². The van der Waals surface area contributed by atoms with Gasteiger partial charge in [0.2, 0.25) is 5.91 Å². The number of amides is 2. The van der Waals surface area contributed by atoms with Crippen LogP contribution in [0.2, 0.25) is 0 Å². The molecule has 0 aromatic rings. The lowest BCUT2D eigenvalue weighted by molar-refractivity contribution is -0.144. The van der Waals surface area contributed by atoms with E-state index in [9.17, 15) is 9.59 Å². The molecule has 2 amide bonds. The normalized spacial score (nSPS) is 24.3. The third kappa shape index (κ3) is 5.18. The van der Waals surface area contributed by atoms with E-state index in [0.717, 1.165) is 26.2 Å². The van der Waals surface area contributed by atoms with Crippen molar-refractivity contribution in [3.8, 4) is 0 Å². The zero-order valence-corrected chi connectivity index (χ0v) is 13.8. The highest BCUT2D eigenvalue weighted by molar-refractivity contribution is 5.86. The minimum absolute atomic E-state index is 0. The molecule has 0 aromatic carbocycles. The van der Waals surface area contributed by atoms with Crippen LogP contribution in [0.25, 0.3) is 0 Å². The lowest BCUT2D eigenvalue weighted by atomic mass is 9.90. The summed E-state index contributed by atoms with van der Waals surface area (Å²) in [4.78, 5) is 30.5. The molecular weight excluding hydrogens is 294 g/mol. The molecule has 2 saturated heterocycles. The van der Waals surface area contributed by atoms with Crippen LogP contribution in [0.4, 0.5) is 0 Å². The van der Waals surface area contributed by atoms with Gasteiger partial charge in [-0.3, -0.25) is 9.59 Å². The monoisotopic (exact) mass is 329 g/mol. The molecule has 2 atom stereocenters. The highest BCUT2D eigenvalue weighted by Gasteiger charge is 2.44. The largest absolute Gasteiger partial charge is 0.359 e. The summed E-state index contributed by atoms with van der Waals surface area (Å²) in [5, 5.41) is 0. The van der Waals surface area contributed by atoms with E-state index in [1.807, 2.05) is 25.7 Å². The predicted octanol–water partition coefficient (Wildman–Crippen LogP) is 1.30. The molecule has 6 heteroatoms. The van der Waals surface area contributed by atoms with Crippen molar-refractivity contribution in [2.24, 2.45) is 5.41 Å². The Morgan fingerprint density at radius 1 is 1.17 bits per heavy atom. The highest BCUT2D eigenvalue weighted by Crippen LogP contribution is 2.26. The van der Waals surface area contributed by atoms with Crippen LogP contribution < -0.4 is 0 Å². The van der Waals surface area contributed by atoms with Gasteiger partial charge in [-0.1, -0.05) is 14.9 Å². The van der Waals surface area contributed by atoms with Crippen molar-refractivity contribution in [3.63, 3.8) is 0 Å². The Bertz CT molecular complexity index is 417. The quantitative estimate of drug-likeness (QED) is 0.730. The summed E-state index contributed by atoms with van der Waals surface area (Å²) in [6.07, 6.45) is -0.305. The van der Waals surface area contributed by atoms with Crippen molar-refractivity contribution in [2.75, 3.05) is 46.8 Å². The van der Waals surface area contributed by atoms with Crippen molar-refractivity contribution in [1.82, 2.24) is 14.7 Å². The number of nitrogens with zero attached hydrogens (tertiary/aromatic N) is 3. The van der Waals surface area contributed by atoms with Gasteiger partial charge in [0.15, 0.2) is 6.10 Å². The van der Waals surface area contributed by atoms with Gasteiger partial charge in [0.1, 0.15) is 0 Å². The van der Waals surface area contributed by atoms with E-state index in [2.05, 4.69) is 11.9 Å². The van der Waals surface area contributed by atoms with Gasteiger partial charge in [-0.25, -0.2) is 0 Å². The van der Waals surface area contributed by atoms with Crippen LogP contribution >= 0.6 is 0 Å². The molecule has 0 aliphatic carbocycles. The molecule has 0 saturated carbocycles. The Morgan fingerprint density at radius 2 is 1.65 bits per heavy atom. The Kier molecular flexibility index (Phi) is 7.70. The van der Waals surface area contributed by atoms with E-state index < -0.39 is 5.41 Å². The van der Waals surface area contributed by atoms with Crippen LogP contribution in [0, 0.1) is 5.41 Å². The fourth-order valence-electron chi connectivity index (χ4n) is 2.84. The van der Waals surface area contributed by atoms with Gasteiger partial charge < -0.3 is 19.4 Å². The van der Waals surface area contributed by atoms with Crippen LogP contribution in [0.5, 0.6) is 0 Å². The Balaban J connectivity index is 0.00000242. The first-order valence-corrected chi connectivity index (χ1v) is 7.61. The van der Waals surface area contributed by atoms with Gasteiger partial charge in [0, 0.05) is 39.8 Å². The number of epoxide rings is 1. The van der Waals surface area contributed by atoms with Crippen LogP contribution in [-0.2, 0) is 14.3 Å². The van der Waals surface area contributed by atoms with E-state index in [-0.39, 0.29) is 38.9 Å². The third-order valence-corrected chi connectivity index (χ3v) is 4.33. The van der Waals surface area contributed by atoms with E-state index in [1.54, 1.807) is 11.9 Å². The molecule has 0 bridgehead atoms. The zero-order chi connectivity index (χ0) is 15.8. The van der Waals surface area contributed by atoms with E-state index in [1.165, 1.54) is 0 Å². The molecule has 136 valence electrons. The second kappa shape index (κ2) is 8.11. The fourth-order valence-corrected chi connectivity index (χ4v) is 2.84. The molecule has 2 unspecified atom stereocenters. The molecule has 2 fully saturated rings. The zero-order valence-electron chi connectivity index (χ0n) is 13.8. The van der Waals surface area contributed by atoms with Crippen molar-refractivity contribution in [2.45, 2.75) is 47.8 Å². The molecule has 2 heterocycles. The summed E-state index contributed by atoms with van der Waals surface area (Å²) in [6, 6.07) is 0. The molecule has 0 spiro atoms. The maximum atomic E-state index is 12.7. The summed E-state index contributed by atoms with van der Waals surface area (Å²) >= 11 is 0. The molecule has 0 aromatic heterocycles.